The van der Waals surface area contributed by atoms with Gasteiger partial charge in [0.25, 0.3) is 0 Å². The highest BCUT2D eigenvalue weighted by molar-refractivity contribution is 6.30. The summed E-state index contributed by atoms with van der Waals surface area (Å²) < 4.78 is 12.8. The molecule has 0 fully saturated rings. The van der Waals surface area contributed by atoms with Crippen LogP contribution in [0.4, 0.5) is 4.39 Å². The van der Waals surface area contributed by atoms with Gasteiger partial charge in [-0.25, -0.2) is 4.39 Å². The van der Waals surface area contributed by atoms with Crippen LogP contribution >= 0.6 is 11.6 Å². The maximum atomic E-state index is 12.8. The number of amides is 1. The van der Waals surface area contributed by atoms with Crippen molar-refractivity contribution in [2.24, 2.45) is 0 Å². The van der Waals surface area contributed by atoms with Gasteiger partial charge in [-0.1, -0.05) is 23.7 Å². The van der Waals surface area contributed by atoms with E-state index in [1.807, 2.05) is 19.1 Å². The second-order valence-electron chi connectivity index (χ2n) is 5.27. The molecule has 0 bridgehead atoms. The first kappa shape index (κ1) is 17.2. The molecular weight excluding hydrogens is 317 g/mol. The fourth-order valence-electron chi connectivity index (χ4n) is 2.16. The minimum Gasteiger partial charge on any atom is -0.350 e. The summed E-state index contributed by atoms with van der Waals surface area (Å²) in [6.07, 6.45) is 0.180. The second kappa shape index (κ2) is 7.88. The Bertz CT molecular complexity index is 683. The largest absolute Gasteiger partial charge is 0.350 e. The zero-order valence-corrected chi connectivity index (χ0v) is 13.4. The first-order valence-electron chi connectivity index (χ1n) is 7.29. The molecule has 3 nitrogen and oxygen atoms in total. The third-order valence-corrected chi connectivity index (χ3v) is 3.74. The zero-order valence-electron chi connectivity index (χ0n) is 12.7. The number of nitrogens with one attached hydrogen (secondary N) is 1. The number of ketones is 1. The third kappa shape index (κ3) is 5.18. The van der Waals surface area contributed by atoms with Crippen molar-refractivity contribution in [1.29, 1.82) is 0 Å². The van der Waals surface area contributed by atoms with Gasteiger partial charge in [0.05, 0.1) is 6.04 Å². The number of halogens is 2. The van der Waals surface area contributed by atoms with Gasteiger partial charge in [0, 0.05) is 23.4 Å². The second-order valence-corrected chi connectivity index (χ2v) is 5.71. The normalized spacial score (nSPS) is 11.8. The summed E-state index contributed by atoms with van der Waals surface area (Å²) in [6, 6.07) is 12.4. The first-order chi connectivity index (χ1) is 11.0. The molecule has 120 valence electrons. The molecule has 2 aromatic rings. The van der Waals surface area contributed by atoms with Crippen LogP contribution in [0.2, 0.25) is 5.02 Å². The van der Waals surface area contributed by atoms with E-state index in [0.29, 0.717) is 10.6 Å². The zero-order chi connectivity index (χ0) is 16.8. The molecule has 0 aliphatic rings. The molecule has 0 spiro atoms. The van der Waals surface area contributed by atoms with Crippen LogP contribution in [0.3, 0.4) is 0 Å². The van der Waals surface area contributed by atoms with Crippen LogP contribution < -0.4 is 5.32 Å². The van der Waals surface area contributed by atoms with Crippen molar-refractivity contribution in [1.82, 2.24) is 5.32 Å². The van der Waals surface area contributed by atoms with E-state index in [2.05, 4.69) is 5.32 Å². The molecule has 5 heteroatoms. The predicted octanol–water partition coefficient (Wildman–Crippen LogP) is 4.32. The van der Waals surface area contributed by atoms with E-state index in [-0.39, 0.29) is 30.6 Å². The minimum atomic E-state index is -0.393. The lowest BCUT2D eigenvalue weighted by atomic mass is 10.1. The van der Waals surface area contributed by atoms with E-state index in [9.17, 15) is 14.0 Å². The highest BCUT2D eigenvalue weighted by Gasteiger charge is 2.12. The quantitative estimate of drug-likeness (QED) is 0.800. The summed E-state index contributed by atoms with van der Waals surface area (Å²) in [5.41, 5.74) is 1.34. The van der Waals surface area contributed by atoms with Crippen molar-refractivity contribution in [3.63, 3.8) is 0 Å². The Labute approximate surface area is 139 Å². The van der Waals surface area contributed by atoms with Crippen LogP contribution in [0, 0.1) is 5.82 Å². The molecular formula is C18H17ClFNO2. The van der Waals surface area contributed by atoms with Crippen LogP contribution in [-0.4, -0.2) is 11.7 Å². The molecule has 0 radical (unpaired) electrons. The molecule has 23 heavy (non-hydrogen) atoms. The van der Waals surface area contributed by atoms with Gasteiger partial charge < -0.3 is 5.32 Å². The smallest absolute Gasteiger partial charge is 0.220 e. The summed E-state index contributed by atoms with van der Waals surface area (Å²) in [5, 5.41) is 3.47. The summed E-state index contributed by atoms with van der Waals surface area (Å²) in [5.74, 6) is -0.779. The lowest BCUT2D eigenvalue weighted by Gasteiger charge is -2.14. The van der Waals surface area contributed by atoms with Gasteiger partial charge in [-0.3, -0.25) is 9.59 Å². The van der Waals surface area contributed by atoms with Gasteiger partial charge in [0.15, 0.2) is 5.78 Å². The molecule has 0 saturated carbocycles. The summed E-state index contributed by atoms with van der Waals surface area (Å²) in [4.78, 5) is 23.9. The number of Topliss-reactive ketones (excluding diaryl/α,β-unsaturated/α-hetero) is 1. The number of carbonyl (C=O) groups excluding carboxylic acids is 2. The van der Waals surface area contributed by atoms with Crippen LogP contribution in [0.25, 0.3) is 0 Å². The Hall–Kier alpha value is -2.20. The standard InChI is InChI=1S/C18H17ClFNO2/c1-12(13-2-6-15(19)7-3-13)21-18(23)11-10-17(22)14-4-8-16(20)9-5-14/h2-9,12H,10-11H2,1H3,(H,21,23)/t12-/m0/s1. The molecule has 0 aliphatic heterocycles. The fourth-order valence-corrected chi connectivity index (χ4v) is 2.28. The van der Waals surface area contributed by atoms with Crippen LogP contribution in [0.1, 0.15) is 41.7 Å². The van der Waals surface area contributed by atoms with Crippen molar-refractivity contribution in [2.45, 2.75) is 25.8 Å². The SMILES string of the molecule is C[C@H](NC(=O)CCC(=O)c1ccc(F)cc1)c1ccc(Cl)cc1. The Kier molecular flexibility index (Phi) is 5.88. The van der Waals surface area contributed by atoms with Gasteiger partial charge in [-0.05, 0) is 48.9 Å². The highest BCUT2D eigenvalue weighted by Crippen LogP contribution is 2.16. The lowest BCUT2D eigenvalue weighted by Crippen LogP contribution is -2.26. The van der Waals surface area contributed by atoms with Crippen LogP contribution in [-0.2, 0) is 4.79 Å². The van der Waals surface area contributed by atoms with Gasteiger partial charge >= 0.3 is 0 Å². The molecule has 1 atom stereocenters. The van der Waals surface area contributed by atoms with E-state index in [1.54, 1.807) is 12.1 Å². The van der Waals surface area contributed by atoms with Gasteiger partial charge in [-0.2, -0.15) is 0 Å². The van der Waals surface area contributed by atoms with Crippen molar-refractivity contribution >= 4 is 23.3 Å². The van der Waals surface area contributed by atoms with Gasteiger partial charge in [0.1, 0.15) is 5.82 Å². The third-order valence-electron chi connectivity index (χ3n) is 3.49. The van der Waals surface area contributed by atoms with E-state index < -0.39 is 5.82 Å². The minimum absolute atomic E-state index is 0.0881. The average Bonchev–Trinajstić information content (AvgIpc) is 2.54. The van der Waals surface area contributed by atoms with E-state index in [4.69, 9.17) is 11.6 Å². The Morgan fingerprint density at radius 2 is 1.65 bits per heavy atom. The molecule has 0 heterocycles. The van der Waals surface area contributed by atoms with Crippen molar-refractivity contribution in [2.75, 3.05) is 0 Å². The highest BCUT2D eigenvalue weighted by atomic mass is 35.5. The Morgan fingerprint density at radius 1 is 1.04 bits per heavy atom. The van der Waals surface area contributed by atoms with Crippen molar-refractivity contribution in [3.05, 3.63) is 70.5 Å². The molecule has 1 amide bonds. The van der Waals surface area contributed by atoms with Gasteiger partial charge in [0.2, 0.25) is 5.91 Å². The molecule has 2 rings (SSSR count). The molecule has 0 unspecified atom stereocenters. The molecule has 0 aromatic heterocycles. The van der Waals surface area contributed by atoms with Crippen LogP contribution in [0.15, 0.2) is 48.5 Å². The predicted molar refractivity (Wildman–Crippen MR) is 88.0 cm³/mol. The van der Waals surface area contributed by atoms with E-state index in [0.717, 1.165) is 5.56 Å². The summed E-state index contributed by atoms with van der Waals surface area (Å²) in [6.45, 7) is 1.86. The number of rotatable bonds is 6. The fraction of sp³-hybridized carbons (Fsp3) is 0.222. The summed E-state index contributed by atoms with van der Waals surface area (Å²) >= 11 is 5.83. The van der Waals surface area contributed by atoms with E-state index >= 15 is 0 Å². The topological polar surface area (TPSA) is 46.2 Å². The van der Waals surface area contributed by atoms with Crippen molar-refractivity contribution < 1.29 is 14.0 Å². The first-order valence-corrected chi connectivity index (χ1v) is 7.67. The monoisotopic (exact) mass is 333 g/mol. The summed E-state index contributed by atoms with van der Waals surface area (Å²) in [7, 11) is 0. The maximum absolute atomic E-state index is 12.8. The average molecular weight is 334 g/mol. The lowest BCUT2D eigenvalue weighted by molar-refractivity contribution is -0.121. The van der Waals surface area contributed by atoms with Crippen molar-refractivity contribution in [3.8, 4) is 0 Å². The number of hydrogen-bond acceptors (Lipinski definition) is 2. The maximum Gasteiger partial charge on any atom is 0.220 e. The van der Waals surface area contributed by atoms with E-state index in [1.165, 1.54) is 24.3 Å². The van der Waals surface area contributed by atoms with Gasteiger partial charge in [-0.15, -0.1) is 0 Å². The molecule has 1 N–H and O–H groups in total. The molecule has 0 aliphatic carbocycles. The molecule has 0 saturated heterocycles. The number of benzene rings is 2. The molecule has 2 aromatic carbocycles. The van der Waals surface area contributed by atoms with Crippen LogP contribution in [0.5, 0.6) is 0 Å². The Morgan fingerprint density at radius 3 is 2.26 bits per heavy atom. The Balaban J connectivity index is 1.83. The number of hydrogen-bond donors (Lipinski definition) is 1. The number of carbonyl (C=O) groups is 2.